The molecule has 1 fully saturated rings. The average Bonchev–Trinajstić information content (AvgIpc) is 2.41. The molecule has 0 saturated heterocycles. The van der Waals surface area contributed by atoms with E-state index in [0.717, 1.165) is 25.4 Å². The predicted octanol–water partition coefficient (Wildman–Crippen LogP) is 6.51. The van der Waals surface area contributed by atoms with Gasteiger partial charge in [0, 0.05) is 0 Å². The van der Waals surface area contributed by atoms with Gasteiger partial charge in [0.15, 0.2) is 16.6 Å². The van der Waals surface area contributed by atoms with Crippen molar-refractivity contribution in [3.63, 3.8) is 0 Å². The van der Waals surface area contributed by atoms with Gasteiger partial charge in [0.05, 0.1) is 6.10 Å². The van der Waals surface area contributed by atoms with Crippen LogP contribution in [0.4, 0.5) is 0 Å². The van der Waals surface area contributed by atoms with Crippen LogP contribution in [0.2, 0.25) is 36.3 Å². The van der Waals surface area contributed by atoms with Gasteiger partial charge < -0.3 is 9.22 Å². The minimum atomic E-state index is -2.23. The van der Waals surface area contributed by atoms with E-state index in [9.17, 15) is 4.80 Å². The first kappa shape index (κ1) is 24.3. The maximum absolute atomic E-state index is 10.8. The molecule has 1 aliphatic rings. The van der Waals surface area contributed by atoms with E-state index < -0.39 is 16.6 Å². The van der Waals surface area contributed by atoms with Crippen LogP contribution in [0.1, 0.15) is 53.9 Å². The number of rotatable bonds is 6. The van der Waals surface area contributed by atoms with Gasteiger partial charge in [-0.1, -0.05) is 52.8 Å². The molecule has 26 heavy (non-hydrogen) atoms. The van der Waals surface area contributed by atoms with Crippen molar-refractivity contribution in [2.24, 2.45) is 5.92 Å². The van der Waals surface area contributed by atoms with E-state index in [4.69, 9.17) is 4.43 Å². The van der Waals surface area contributed by atoms with Crippen LogP contribution in [0, 0.1) is 5.92 Å². The summed E-state index contributed by atoms with van der Waals surface area (Å²) in [6.07, 6.45) is 6.50. The molecule has 0 spiro atoms. The Kier molecular flexibility index (Phi) is 7.78. The minimum absolute atomic E-state index is 0.0362. The molecule has 1 aliphatic carbocycles. The maximum atomic E-state index is 10.8. The summed E-state index contributed by atoms with van der Waals surface area (Å²) in [5.74, 6) is 0.398. The molecule has 0 aromatic heterocycles. The van der Waals surface area contributed by atoms with Crippen LogP contribution < -0.4 is 0 Å². The lowest BCUT2D eigenvalue weighted by Gasteiger charge is -2.45. The molecular weight excluding hydrogens is 371 g/mol. The summed E-state index contributed by atoms with van der Waals surface area (Å²) >= 11 is 0. The Balaban J connectivity index is 3.10. The summed E-state index contributed by atoms with van der Waals surface area (Å²) in [7, 11) is -1.27. The molecule has 1 saturated carbocycles. The van der Waals surface area contributed by atoms with E-state index in [-0.39, 0.29) is 16.2 Å². The highest BCUT2D eigenvalue weighted by Crippen LogP contribution is 2.49. The van der Waals surface area contributed by atoms with Gasteiger partial charge in [-0.2, -0.15) is 0 Å². The lowest BCUT2D eigenvalue weighted by molar-refractivity contribution is 0.180. The lowest BCUT2D eigenvalue weighted by atomic mass is 9.76. The maximum Gasteiger partial charge on any atom is 0.192 e. The third kappa shape index (κ3) is 5.88. The lowest BCUT2D eigenvalue weighted by Crippen LogP contribution is -2.46. The molecule has 0 bridgehead atoms. The van der Waals surface area contributed by atoms with Crippen molar-refractivity contribution < 1.29 is 9.22 Å². The highest BCUT2D eigenvalue weighted by atomic mass is 31.0. The summed E-state index contributed by atoms with van der Waals surface area (Å²) in [6.45, 7) is 24.6. The van der Waals surface area contributed by atoms with Gasteiger partial charge in [0.25, 0.3) is 0 Å². The van der Waals surface area contributed by atoms with Crippen molar-refractivity contribution >= 4 is 25.9 Å². The van der Waals surface area contributed by atoms with Crippen molar-refractivity contribution in [3.8, 4) is 0 Å². The summed E-state index contributed by atoms with van der Waals surface area (Å²) in [4.78, 5) is 10.8. The average molecular weight is 415 g/mol. The molecular formula is C21H43O2PSi2. The Labute approximate surface area is 167 Å². The second-order valence-corrected chi connectivity index (χ2v) is 20.5. The van der Waals surface area contributed by atoms with Gasteiger partial charge in [-0.05, 0) is 73.2 Å². The minimum Gasteiger partial charge on any atom is -0.432 e. The number of hydrogen-bond donors (Lipinski definition) is 1. The Morgan fingerprint density at radius 2 is 1.69 bits per heavy atom. The fraction of sp³-hybridized carbons (Fsp3) is 0.810. The molecule has 5 heteroatoms. The zero-order valence-electron chi connectivity index (χ0n) is 18.7. The summed E-state index contributed by atoms with van der Waals surface area (Å²) in [6, 6.07) is 0. The highest BCUT2D eigenvalue weighted by molar-refractivity contribution is 7.16. The van der Waals surface area contributed by atoms with Crippen molar-refractivity contribution in [2.75, 3.05) is 6.16 Å². The fourth-order valence-electron chi connectivity index (χ4n) is 3.22. The Hall–Kier alpha value is 0.264. The van der Waals surface area contributed by atoms with Crippen LogP contribution in [-0.2, 0) is 4.43 Å². The van der Waals surface area contributed by atoms with E-state index in [2.05, 4.69) is 82.7 Å². The highest BCUT2D eigenvalue weighted by Gasteiger charge is 2.44. The van der Waals surface area contributed by atoms with Crippen LogP contribution in [0.3, 0.4) is 0 Å². The Morgan fingerprint density at radius 1 is 1.15 bits per heavy atom. The SMILES string of the molecule is C=C1[C@H](CC(C)(C)[Si](C)(C)O)C/C(=C\CP)C[C@H]1O[Si](C)(C)C(C)(C)C. The zero-order chi connectivity index (χ0) is 20.6. The van der Waals surface area contributed by atoms with E-state index in [1.54, 1.807) is 0 Å². The third-order valence-corrected chi connectivity index (χ3v) is 15.2. The first-order chi connectivity index (χ1) is 11.5. The van der Waals surface area contributed by atoms with Gasteiger partial charge in [-0.15, -0.1) is 9.24 Å². The fourth-order valence-corrected chi connectivity index (χ4v) is 5.59. The molecule has 0 heterocycles. The predicted molar refractivity (Wildman–Crippen MR) is 125 cm³/mol. The first-order valence-electron chi connectivity index (χ1n) is 9.98. The van der Waals surface area contributed by atoms with Gasteiger partial charge >= 0.3 is 0 Å². The van der Waals surface area contributed by atoms with Crippen molar-refractivity contribution in [1.29, 1.82) is 0 Å². The van der Waals surface area contributed by atoms with E-state index in [1.165, 1.54) is 11.1 Å². The largest absolute Gasteiger partial charge is 0.432 e. The molecule has 0 aromatic carbocycles. The molecule has 2 nitrogen and oxygen atoms in total. The van der Waals surface area contributed by atoms with Gasteiger partial charge in [0.2, 0.25) is 0 Å². The Morgan fingerprint density at radius 3 is 2.12 bits per heavy atom. The molecule has 152 valence electrons. The van der Waals surface area contributed by atoms with Crippen molar-refractivity contribution in [2.45, 2.75) is 96.2 Å². The van der Waals surface area contributed by atoms with Crippen molar-refractivity contribution in [1.82, 2.24) is 0 Å². The molecule has 1 unspecified atom stereocenters. The zero-order valence-corrected chi connectivity index (χ0v) is 21.9. The summed E-state index contributed by atoms with van der Waals surface area (Å²) < 4.78 is 6.80. The quantitative estimate of drug-likeness (QED) is 0.305. The molecule has 0 amide bonds. The van der Waals surface area contributed by atoms with Crippen molar-refractivity contribution in [3.05, 3.63) is 23.8 Å². The molecule has 3 atom stereocenters. The van der Waals surface area contributed by atoms with Crippen LogP contribution >= 0.6 is 9.24 Å². The standard InChI is InChI=1S/C21H43O2PSi2/c1-16-18(15-21(5,6)25(7,8)22)13-17(11-12-24)14-19(16)23-26(9,10)20(2,3)4/h11,18-19,22H,1,12-15,24H2,2-10H3/b17-11+/t18-,19+/m0/s1. The van der Waals surface area contributed by atoms with Gasteiger partial charge in [0.1, 0.15) is 0 Å². The molecule has 0 aliphatic heterocycles. The number of hydrogen-bond acceptors (Lipinski definition) is 2. The third-order valence-electron chi connectivity index (χ3n) is 6.96. The molecule has 1 N–H and O–H groups in total. The molecule has 1 rings (SSSR count). The van der Waals surface area contributed by atoms with Gasteiger partial charge in [-0.25, -0.2) is 0 Å². The summed E-state index contributed by atoms with van der Waals surface area (Å²) in [5, 5.41) is 0.162. The van der Waals surface area contributed by atoms with E-state index >= 15 is 0 Å². The molecule has 0 aromatic rings. The number of allylic oxidation sites excluding steroid dienone is 1. The van der Waals surface area contributed by atoms with Crippen LogP contribution in [-0.4, -0.2) is 33.7 Å². The monoisotopic (exact) mass is 414 g/mol. The van der Waals surface area contributed by atoms with Crippen LogP contribution in [0.25, 0.3) is 0 Å². The summed E-state index contributed by atoms with van der Waals surface area (Å²) in [5.41, 5.74) is 2.75. The van der Waals surface area contributed by atoms with Gasteiger partial charge in [-0.3, -0.25) is 0 Å². The smallest absolute Gasteiger partial charge is 0.192 e. The molecule has 0 radical (unpaired) electrons. The normalized spacial score (nSPS) is 25.0. The van der Waals surface area contributed by atoms with Crippen LogP contribution in [0.15, 0.2) is 23.8 Å². The first-order valence-corrected chi connectivity index (χ1v) is 16.7. The van der Waals surface area contributed by atoms with E-state index in [0.29, 0.717) is 5.92 Å². The second-order valence-electron chi connectivity index (χ2n) is 10.8. The van der Waals surface area contributed by atoms with E-state index in [1.807, 2.05) is 0 Å². The second kappa shape index (κ2) is 8.33. The topological polar surface area (TPSA) is 29.5 Å². The Bertz CT molecular complexity index is 497. The van der Waals surface area contributed by atoms with Crippen LogP contribution in [0.5, 0.6) is 0 Å².